The second-order valence-corrected chi connectivity index (χ2v) is 9.49. The van der Waals surface area contributed by atoms with Gasteiger partial charge in [-0.05, 0) is 52.8 Å². The topological polar surface area (TPSA) is 85.5 Å². The molecular formula is C30H23NO5. The van der Waals surface area contributed by atoms with Crippen molar-refractivity contribution in [2.75, 3.05) is 0 Å². The summed E-state index contributed by atoms with van der Waals surface area (Å²) in [4.78, 5) is 41.7. The molecule has 0 unspecified atom stereocenters. The van der Waals surface area contributed by atoms with Gasteiger partial charge in [0.2, 0.25) is 5.78 Å². The predicted octanol–water partition coefficient (Wildman–Crippen LogP) is 5.71. The van der Waals surface area contributed by atoms with Crippen LogP contribution in [0, 0.1) is 0 Å². The number of Topliss-reactive ketones (excluding diaryl/α,β-unsaturated/α-hetero) is 1. The first-order chi connectivity index (χ1) is 17.4. The molecule has 6 nitrogen and oxygen atoms in total. The number of nitrogens with one attached hydrogen (secondary N) is 1. The Morgan fingerprint density at radius 2 is 1.72 bits per heavy atom. The third kappa shape index (κ3) is 3.62. The zero-order chi connectivity index (χ0) is 25.0. The second kappa shape index (κ2) is 8.34. The van der Waals surface area contributed by atoms with E-state index >= 15 is 0 Å². The van der Waals surface area contributed by atoms with Gasteiger partial charge in [-0.25, -0.2) is 0 Å². The van der Waals surface area contributed by atoms with E-state index in [2.05, 4.69) is 18.8 Å². The minimum absolute atomic E-state index is 0.0296. The summed E-state index contributed by atoms with van der Waals surface area (Å²) in [7, 11) is 0. The lowest BCUT2D eigenvalue weighted by atomic mass is 9.85. The Kier molecular flexibility index (Phi) is 5.11. The minimum Gasteiger partial charge on any atom is -0.452 e. The molecule has 0 fully saturated rings. The first-order valence-corrected chi connectivity index (χ1v) is 11.9. The Morgan fingerprint density at radius 1 is 0.944 bits per heavy atom. The number of allylic oxidation sites excluding steroid dienone is 1. The van der Waals surface area contributed by atoms with Crippen LogP contribution < -0.4 is 15.0 Å². The number of ether oxygens (including phenoxy) is 2. The summed E-state index contributed by atoms with van der Waals surface area (Å²) in [5, 5.41) is 0.850. The van der Waals surface area contributed by atoms with Crippen LogP contribution in [0.5, 0.6) is 11.5 Å². The maximum Gasteiger partial charge on any atom is 0.312 e. The number of carbonyl (C=O) groups is 2. The van der Waals surface area contributed by atoms with E-state index in [1.54, 1.807) is 24.3 Å². The van der Waals surface area contributed by atoms with E-state index < -0.39 is 11.9 Å². The monoisotopic (exact) mass is 477 g/mol. The molecule has 0 radical (unpaired) electrons. The van der Waals surface area contributed by atoms with Crippen LogP contribution in [-0.2, 0) is 4.79 Å². The maximum absolute atomic E-state index is 13.2. The minimum atomic E-state index is -0.609. The normalized spacial score (nSPS) is 17.8. The molecule has 6 rings (SSSR count). The van der Waals surface area contributed by atoms with Gasteiger partial charge in [-0.2, -0.15) is 0 Å². The van der Waals surface area contributed by atoms with Crippen molar-refractivity contribution in [2.45, 2.75) is 32.1 Å². The summed E-state index contributed by atoms with van der Waals surface area (Å²) in [6, 6.07) is 20.5. The van der Waals surface area contributed by atoms with E-state index in [1.807, 2.05) is 48.5 Å². The first-order valence-electron chi connectivity index (χ1n) is 11.9. The number of carbonyl (C=O) groups excluding carboxylic acids is 2. The van der Waals surface area contributed by atoms with Crippen LogP contribution in [-0.4, -0.2) is 16.7 Å². The zero-order valence-corrected chi connectivity index (χ0v) is 19.8. The van der Waals surface area contributed by atoms with Gasteiger partial charge in [-0.1, -0.05) is 56.3 Å². The molecule has 36 heavy (non-hydrogen) atoms. The Labute approximate surface area is 207 Å². The van der Waals surface area contributed by atoms with Crippen LogP contribution in [0.1, 0.15) is 64.7 Å². The zero-order valence-electron chi connectivity index (χ0n) is 19.8. The molecule has 2 aliphatic rings. The van der Waals surface area contributed by atoms with Gasteiger partial charge in [-0.3, -0.25) is 14.4 Å². The molecule has 6 heteroatoms. The summed E-state index contributed by atoms with van der Waals surface area (Å²) in [6.45, 7) is 4.25. The Morgan fingerprint density at radius 3 is 2.50 bits per heavy atom. The summed E-state index contributed by atoms with van der Waals surface area (Å²) < 4.78 is 11.6. The molecule has 178 valence electrons. The molecule has 1 aromatic heterocycles. The number of H-pyrrole nitrogens is 1. The van der Waals surface area contributed by atoms with Gasteiger partial charge in [0.05, 0.1) is 12.0 Å². The van der Waals surface area contributed by atoms with Crippen molar-refractivity contribution in [3.63, 3.8) is 0 Å². The number of pyridine rings is 1. The molecule has 0 saturated heterocycles. The summed E-state index contributed by atoms with van der Waals surface area (Å²) >= 11 is 0. The number of esters is 1. The van der Waals surface area contributed by atoms with Crippen LogP contribution in [0.15, 0.2) is 77.3 Å². The molecule has 0 amide bonds. The number of benzene rings is 3. The molecule has 1 atom stereocenters. The van der Waals surface area contributed by atoms with Crippen LogP contribution in [0.4, 0.5) is 0 Å². The highest BCUT2D eigenvalue weighted by Crippen LogP contribution is 2.48. The van der Waals surface area contributed by atoms with Crippen LogP contribution in [0.25, 0.3) is 17.0 Å². The third-order valence-electron chi connectivity index (χ3n) is 6.84. The van der Waals surface area contributed by atoms with Gasteiger partial charge in [0.1, 0.15) is 11.5 Å². The molecule has 3 heterocycles. The quantitative estimate of drug-likeness (QED) is 0.232. The first kappa shape index (κ1) is 22.0. The SMILES string of the molecule is CC(C)c1ccc(/C=C2\Oc3c(ccc4c3[C@H](c3cc5ccccc5[nH]c3=O)CC(=O)O4)C2=O)cc1. The van der Waals surface area contributed by atoms with Gasteiger partial charge in [0.15, 0.2) is 5.76 Å². The van der Waals surface area contributed by atoms with Gasteiger partial charge >= 0.3 is 5.97 Å². The average Bonchev–Trinajstić information content (AvgIpc) is 3.18. The van der Waals surface area contributed by atoms with Gasteiger partial charge in [0.25, 0.3) is 5.56 Å². The van der Waals surface area contributed by atoms with E-state index in [1.165, 1.54) is 5.56 Å². The molecule has 4 aromatic rings. The standard InChI is InChI=1S/C30H23NO5/c1-16(2)18-9-7-17(8-10-18)13-25-28(33)20-11-12-24-27(29(20)36-25)21(15-26(32)35-24)22-14-19-5-3-4-6-23(19)31-30(22)34/h3-14,16,21H,15H2,1-2H3,(H,31,34)/b25-13-/t21-/m0/s1. The predicted molar refractivity (Wildman–Crippen MR) is 137 cm³/mol. The highest BCUT2D eigenvalue weighted by atomic mass is 16.5. The van der Waals surface area contributed by atoms with Crippen molar-refractivity contribution >= 4 is 28.7 Å². The van der Waals surface area contributed by atoms with E-state index in [0.717, 1.165) is 10.9 Å². The Balaban J connectivity index is 1.45. The number of para-hydroxylation sites is 1. The van der Waals surface area contributed by atoms with E-state index in [0.29, 0.717) is 39.6 Å². The van der Waals surface area contributed by atoms with Crippen molar-refractivity contribution in [1.29, 1.82) is 0 Å². The Hall–Kier alpha value is -4.45. The smallest absolute Gasteiger partial charge is 0.312 e. The van der Waals surface area contributed by atoms with Crippen molar-refractivity contribution in [3.8, 4) is 11.5 Å². The van der Waals surface area contributed by atoms with Crippen LogP contribution in [0.3, 0.4) is 0 Å². The summed E-state index contributed by atoms with van der Waals surface area (Å²) in [5.41, 5.74) is 3.83. The highest BCUT2D eigenvalue weighted by molar-refractivity contribution is 6.15. The molecule has 0 bridgehead atoms. The largest absolute Gasteiger partial charge is 0.452 e. The molecule has 1 N–H and O–H groups in total. The maximum atomic E-state index is 13.2. The number of aromatic nitrogens is 1. The van der Waals surface area contributed by atoms with Crippen molar-refractivity contribution in [1.82, 2.24) is 4.98 Å². The average molecular weight is 478 g/mol. The third-order valence-corrected chi connectivity index (χ3v) is 6.84. The fourth-order valence-corrected chi connectivity index (χ4v) is 4.92. The molecule has 2 aliphatic heterocycles. The number of hydrogen-bond acceptors (Lipinski definition) is 5. The number of rotatable bonds is 3. The molecule has 0 saturated carbocycles. The second-order valence-electron chi connectivity index (χ2n) is 9.49. The highest BCUT2D eigenvalue weighted by Gasteiger charge is 2.39. The lowest BCUT2D eigenvalue weighted by Crippen LogP contribution is -2.26. The summed E-state index contributed by atoms with van der Waals surface area (Å²) in [6.07, 6.45) is 1.68. The van der Waals surface area contributed by atoms with Gasteiger partial charge in [-0.15, -0.1) is 0 Å². The van der Waals surface area contributed by atoms with E-state index in [4.69, 9.17) is 9.47 Å². The number of aromatic amines is 1. The van der Waals surface area contributed by atoms with Crippen LogP contribution in [0.2, 0.25) is 0 Å². The molecule has 3 aromatic carbocycles. The van der Waals surface area contributed by atoms with Gasteiger partial charge < -0.3 is 14.5 Å². The lowest BCUT2D eigenvalue weighted by Gasteiger charge is -2.26. The van der Waals surface area contributed by atoms with Crippen molar-refractivity contribution < 1.29 is 19.1 Å². The Bertz CT molecular complexity index is 1640. The number of ketones is 1. The number of fused-ring (bicyclic) bond motifs is 4. The summed E-state index contributed by atoms with van der Waals surface area (Å²) in [5.74, 6) is -0.0507. The van der Waals surface area contributed by atoms with Gasteiger partial charge in [0, 0.05) is 22.6 Å². The fraction of sp³-hybridized carbons (Fsp3) is 0.167. The lowest BCUT2D eigenvalue weighted by molar-refractivity contribution is -0.135. The van der Waals surface area contributed by atoms with Crippen molar-refractivity contribution in [2.24, 2.45) is 0 Å². The molecule has 0 aliphatic carbocycles. The fourth-order valence-electron chi connectivity index (χ4n) is 4.92. The number of hydrogen-bond donors (Lipinski definition) is 1. The van der Waals surface area contributed by atoms with E-state index in [9.17, 15) is 14.4 Å². The molecule has 0 spiro atoms. The van der Waals surface area contributed by atoms with Crippen LogP contribution >= 0.6 is 0 Å². The van der Waals surface area contributed by atoms with E-state index in [-0.39, 0.29) is 23.5 Å². The molecular weight excluding hydrogens is 454 g/mol. The van der Waals surface area contributed by atoms with Crippen molar-refractivity contribution in [3.05, 3.63) is 111 Å².